The number of nitrogens with zero attached hydrogens (tertiary/aromatic N) is 1. The van der Waals surface area contributed by atoms with E-state index in [1.165, 1.54) is 60.7 Å². The normalized spacial score (nSPS) is 14.2. The minimum absolute atomic E-state index is 0.0332. The number of alkyl halides is 4. The average molecular weight is 709 g/mol. The largest absolute Gasteiger partial charge is 0.502 e. The molecule has 0 bridgehead atoms. The van der Waals surface area contributed by atoms with Gasteiger partial charge in [-0.15, -0.1) is 0 Å². The summed E-state index contributed by atoms with van der Waals surface area (Å²) in [6.45, 7) is -6.12. The van der Waals surface area contributed by atoms with Gasteiger partial charge in [0, 0.05) is 6.54 Å². The molecule has 2 N–H and O–H groups in total. The number of hydrogen-bond donors (Lipinski definition) is 2. The fraction of sp³-hybridized carbons (Fsp3) is 0.156. The lowest BCUT2D eigenvalue weighted by Crippen LogP contribution is -2.31. The Morgan fingerprint density at radius 1 is 0.708 bits per heavy atom. The van der Waals surface area contributed by atoms with Crippen LogP contribution in [-0.4, -0.2) is 45.4 Å². The van der Waals surface area contributed by atoms with E-state index in [4.69, 9.17) is 0 Å². The second kappa shape index (κ2) is 15.8. The molecule has 0 saturated carbocycles. The average Bonchev–Trinajstić information content (AvgIpc) is 3.20. The van der Waals surface area contributed by atoms with Crippen molar-refractivity contribution in [2.24, 2.45) is 0 Å². The van der Waals surface area contributed by atoms with Gasteiger partial charge in [0.15, 0.2) is 0 Å². The van der Waals surface area contributed by atoms with Gasteiger partial charge in [0.05, 0.1) is 12.3 Å². The zero-order valence-corrected chi connectivity index (χ0v) is 26.4. The minimum atomic E-state index is -4.24. The summed E-state index contributed by atoms with van der Waals surface area (Å²) in [7, 11) is -7.71. The first-order valence-corrected chi connectivity index (χ1v) is 17.0. The van der Waals surface area contributed by atoms with Crippen LogP contribution in [0.1, 0.15) is 22.3 Å². The molecule has 4 aromatic rings. The van der Waals surface area contributed by atoms with E-state index in [-0.39, 0.29) is 35.9 Å². The van der Waals surface area contributed by atoms with E-state index in [1.807, 2.05) is 6.07 Å². The number of benzene rings is 4. The van der Waals surface area contributed by atoms with Crippen molar-refractivity contribution in [1.29, 1.82) is 0 Å². The van der Waals surface area contributed by atoms with Crippen LogP contribution >= 0.6 is 0 Å². The number of sulfonamides is 2. The SMILES string of the molecule is O=C1C(O)=C(c2ccccc2)S(=O)(=O)N1Cc1ccc(OC(F)F)cc1.O=S(=O)(Cc1ccccc1)NCc1ccc(OC(F)F)cc1. The number of aliphatic hydroxyl groups excluding tert-OH is 1. The molecule has 1 aliphatic rings. The summed E-state index contributed by atoms with van der Waals surface area (Å²) in [4.78, 5) is 11.8. The third-order valence-corrected chi connectivity index (χ3v) is 9.66. The van der Waals surface area contributed by atoms with Crippen LogP contribution in [0.4, 0.5) is 17.6 Å². The van der Waals surface area contributed by atoms with Crippen LogP contribution in [0.15, 0.2) is 115 Å². The minimum Gasteiger partial charge on any atom is -0.502 e. The van der Waals surface area contributed by atoms with Crippen LogP contribution in [0.25, 0.3) is 4.91 Å². The van der Waals surface area contributed by atoms with Crippen LogP contribution in [0.2, 0.25) is 0 Å². The molecule has 16 heteroatoms. The summed E-state index contributed by atoms with van der Waals surface area (Å²) in [6.07, 6.45) is 0. The van der Waals surface area contributed by atoms with Gasteiger partial charge in [0.2, 0.25) is 15.8 Å². The molecule has 0 aliphatic carbocycles. The third-order valence-electron chi connectivity index (χ3n) is 6.55. The van der Waals surface area contributed by atoms with E-state index in [2.05, 4.69) is 14.2 Å². The van der Waals surface area contributed by atoms with E-state index in [0.717, 1.165) is 0 Å². The molecule has 48 heavy (non-hydrogen) atoms. The molecule has 0 atom stereocenters. The Balaban J connectivity index is 0.000000220. The zero-order chi connectivity index (χ0) is 34.9. The highest BCUT2D eigenvalue weighted by molar-refractivity contribution is 7.99. The monoisotopic (exact) mass is 708 g/mol. The fourth-order valence-corrected chi connectivity index (χ4v) is 7.09. The first-order chi connectivity index (χ1) is 22.7. The summed E-state index contributed by atoms with van der Waals surface area (Å²) in [5.41, 5.74) is 1.90. The molecule has 0 radical (unpaired) electrons. The molecule has 0 aromatic heterocycles. The quantitative estimate of drug-likeness (QED) is 0.176. The molecular weight excluding hydrogens is 680 g/mol. The highest BCUT2D eigenvalue weighted by Crippen LogP contribution is 2.35. The smallest absolute Gasteiger partial charge is 0.387 e. The van der Waals surface area contributed by atoms with Crippen LogP contribution in [-0.2, 0) is 43.7 Å². The molecule has 0 spiro atoms. The summed E-state index contributed by atoms with van der Waals surface area (Å²) >= 11 is 0. The number of amides is 1. The zero-order valence-electron chi connectivity index (χ0n) is 24.7. The van der Waals surface area contributed by atoms with Gasteiger partial charge in [0.1, 0.15) is 16.4 Å². The number of ether oxygens (including phenoxy) is 2. The van der Waals surface area contributed by atoms with Crippen LogP contribution in [0, 0.1) is 0 Å². The number of rotatable bonds is 12. The standard InChI is InChI=1S/C17H13F2NO5S.C15H15F2NO3S/c18-17(19)25-13-8-6-11(7-9-13)10-20-16(22)14(21)15(26(20,23)24)12-4-2-1-3-5-12;16-15(17)21-14-8-6-12(7-9-14)10-18-22(19,20)11-13-4-2-1-3-5-13/h1-9,17,21H,10H2;1-9,15,18H,10-11H2. The maximum absolute atomic E-state index is 12.7. The summed E-state index contributed by atoms with van der Waals surface area (Å²) in [6, 6.07) is 27.6. The van der Waals surface area contributed by atoms with Crippen molar-refractivity contribution in [2.75, 3.05) is 0 Å². The summed E-state index contributed by atoms with van der Waals surface area (Å²) in [5, 5.41) is 10.0. The van der Waals surface area contributed by atoms with Crippen molar-refractivity contribution in [2.45, 2.75) is 32.1 Å². The molecule has 5 rings (SSSR count). The molecule has 0 fully saturated rings. The molecule has 0 unspecified atom stereocenters. The van der Waals surface area contributed by atoms with E-state index in [1.54, 1.807) is 42.5 Å². The maximum atomic E-state index is 12.7. The lowest BCUT2D eigenvalue weighted by Gasteiger charge is -2.16. The number of carbonyl (C=O) groups is 1. The van der Waals surface area contributed by atoms with E-state index in [0.29, 0.717) is 21.0 Å². The Hall–Kier alpha value is -4.93. The van der Waals surface area contributed by atoms with Crippen LogP contribution in [0.5, 0.6) is 11.5 Å². The van der Waals surface area contributed by atoms with Gasteiger partial charge in [-0.1, -0.05) is 84.9 Å². The number of hydrogen-bond acceptors (Lipinski definition) is 8. The second-order valence-corrected chi connectivity index (χ2v) is 13.6. The van der Waals surface area contributed by atoms with Gasteiger partial charge < -0.3 is 14.6 Å². The first kappa shape index (κ1) is 35.9. The highest BCUT2D eigenvalue weighted by Gasteiger charge is 2.44. The van der Waals surface area contributed by atoms with Gasteiger partial charge in [-0.05, 0) is 46.5 Å². The molecule has 4 aromatic carbocycles. The molecule has 0 saturated heterocycles. The Morgan fingerprint density at radius 2 is 1.19 bits per heavy atom. The Labute approximate surface area is 274 Å². The van der Waals surface area contributed by atoms with Gasteiger partial charge >= 0.3 is 19.1 Å². The van der Waals surface area contributed by atoms with Gasteiger partial charge in [0.25, 0.3) is 10.0 Å². The van der Waals surface area contributed by atoms with Crippen molar-refractivity contribution in [3.05, 3.63) is 137 Å². The lowest BCUT2D eigenvalue weighted by atomic mass is 10.2. The number of halogens is 4. The van der Waals surface area contributed by atoms with Gasteiger partial charge in [-0.3, -0.25) is 4.79 Å². The Morgan fingerprint density at radius 3 is 1.69 bits per heavy atom. The third kappa shape index (κ3) is 9.79. The fourth-order valence-electron chi connectivity index (χ4n) is 4.36. The van der Waals surface area contributed by atoms with Gasteiger partial charge in [-0.2, -0.15) is 17.6 Å². The molecule has 1 heterocycles. The topological polar surface area (TPSA) is 139 Å². The Kier molecular flexibility index (Phi) is 11.8. The lowest BCUT2D eigenvalue weighted by molar-refractivity contribution is -0.125. The highest BCUT2D eigenvalue weighted by atomic mass is 32.2. The van der Waals surface area contributed by atoms with E-state index in [9.17, 15) is 44.3 Å². The second-order valence-electron chi connectivity index (χ2n) is 9.97. The van der Waals surface area contributed by atoms with E-state index >= 15 is 0 Å². The van der Waals surface area contributed by atoms with Crippen LogP contribution in [0.3, 0.4) is 0 Å². The number of nitrogens with one attached hydrogen (secondary N) is 1. The van der Waals surface area contributed by atoms with Crippen molar-refractivity contribution >= 4 is 30.9 Å². The number of carbonyl (C=O) groups excluding carboxylic acids is 1. The molecule has 1 aliphatic heterocycles. The number of aliphatic hydroxyl groups is 1. The van der Waals surface area contributed by atoms with E-state index < -0.39 is 49.8 Å². The van der Waals surface area contributed by atoms with Crippen LogP contribution < -0.4 is 14.2 Å². The molecule has 10 nitrogen and oxygen atoms in total. The van der Waals surface area contributed by atoms with Crippen molar-refractivity contribution in [1.82, 2.24) is 9.03 Å². The summed E-state index contributed by atoms with van der Waals surface area (Å²) in [5.74, 6) is -2.07. The van der Waals surface area contributed by atoms with Crippen molar-refractivity contribution in [3.8, 4) is 11.5 Å². The predicted octanol–water partition coefficient (Wildman–Crippen LogP) is 5.79. The molecular formula is C32H28F4N2O8S2. The molecule has 254 valence electrons. The van der Waals surface area contributed by atoms with Gasteiger partial charge in [-0.25, -0.2) is 25.9 Å². The summed E-state index contributed by atoms with van der Waals surface area (Å²) < 4.78 is 109. The van der Waals surface area contributed by atoms with Crippen molar-refractivity contribution in [3.63, 3.8) is 0 Å². The van der Waals surface area contributed by atoms with Crippen molar-refractivity contribution < 1.29 is 53.8 Å². The Bertz CT molecular complexity index is 1930. The predicted molar refractivity (Wildman–Crippen MR) is 168 cm³/mol. The first-order valence-electron chi connectivity index (χ1n) is 13.9. The molecule has 1 amide bonds. The maximum Gasteiger partial charge on any atom is 0.387 e.